The highest BCUT2D eigenvalue weighted by atomic mass is 16.5. The minimum Gasteiger partial charge on any atom is -0.493 e. The minimum atomic E-state index is -0.596. The lowest BCUT2D eigenvalue weighted by Crippen LogP contribution is -2.37. The molecule has 29 heavy (non-hydrogen) atoms. The summed E-state index contributed by atoms with van der Waals surface area (Å²) in [5.41, 5.74) is 0.696. The standard InChI is InChI=1S/C22H28N2O5/c1-27-20-15-17(9-11-19(20)28-14-13-23)10-12-22(26)29-16-21(25)24-18-7-5-3-2-4-6-8-18/h9-12,15,18H,2-8,14,16H2,1H3,(H,24,25)/b12-10+. The quantitative estimate of drug-likeness (QED) is 0.531. The van der Waals surface area contributed by atoms with Gasteiger partial charge >= 0.3 is 5.97 Å². The molecule has 0 spiro atoms. The highest BCUT2D eigenvalue weighted by Crippen LogP contribution is 2.28. The second kappa shape index (κ2) is 12.4. The van der Waals surface area contributed by atoms with E-state index in [2.05, 4.69) is 5.32 Å². The van der Waals surface area contributed by atoms with Crippen LogP contribution in [0, 0.1) is 11.3 Å². The fraction of sp³-hybridized carbons (Fsp3) is 0.500. The lowest BCUT2D eigenvalue weighted by molar-refractivity contribution is -0.144. The summed E-state index contributed by atoms with van der Waals surface area (Å²) in [5, 5.41) is 11.5. The number of carbonyl (C=O) groups is 2. The molecule has 1 amide bonds. The van der Waals surface area contributed by atoms with Crippen LogP contribution in [0.5, 0.6) is 11.5 Å². The monoisotopic (exact) mass is 400 g/mol. The molecule has 0 aliphatic heterocycles. The molecule has 1 aliphatic carbocycles. The summed E-state index contributed by atoms with van der Waals surface area (Å²) in [5.74, 6) is 0.0357. The molecular weight excluding hydrogens is 372 g/mol. The van der Waals surface area contributed by atoms with Gasteiger partial charge in [0.25, 0.3) is 5.91 Å². The van der Waals surface area contributed by atoms with Crippen molar-refractivity contribution >= 4 is 18.0 Å². The maximum absolute atomic E-state index is 12.0. The SMILES string of the molecule is COc1cc(/C=C/C(=O)OCC(=O)NC2CCCCCCC2)ccc1OCC#N. The molecule has 1 aromatic carbocycles. The third-order valence-electron chi connectivity index (χ3n) is 4.71. The van der Waals surface area contributed by atoms with Gasteiger partial charge in [0.15, 0.2) is 24.7 Å². The Bertz CT molecular complexity index is 746. The topological polar surface area (TPSA) is 97.7 Å². The lowest BCUT2D eigenvalue weighted by Gasteiger charge is -2.20. The number of nitrogens with zero attached hydrogens (tertiary/aromatic N) is 1. The van der Waals surface area contributed by atoms with E-state index in [4.69, 9.17) is 19.5 Å². The van der Waals surface area contributed by atoms with Crippen LogP contribution in [0.1, 0.15) is 50.5 Å². The van der Waals surface area contributed by atoms with Crippen molar-refractivity contribution in [3.05, 3.63) is 29.8 Å². The van der Waals surface area contributed by atoms with Crippen molar-refractivity contribution in [3.8, 4) is 17.6 Å². The van der Waals surface area contributed by atoms with Crippen molar-refractivity contribution in [3.63, 3.8) is 0 Å². The van der Waals surface area contributed by atoms with Crippen molar-refractivity contribution < 1.29 is 23.8 Å². The van der Waals surface area contributed by atoms with E-state index in [0.29, 0.717) is 17.1 Å². The molecule has 0 unspecified atom stereocenters. The number of carbonyl (C=O) groups excluding carboxylic acids is 2. The van der Waals surface area contributed by atoms with Crippen LogP contribution in [0.2, 0.25) is 0 Å². The van der Waals surface area contributed by atoms with Crippen LogP contribution in [0.4, 0.5) is 0 Å². The summed E-state index contributed by atoms with van der Waals surface area (Å²) in [7, 11) is 1.49. The number of benzene rings is 1. The maximum atomic E-state index is 12.0. The molecule has 0 heterocycles. The largest absolute Gasteiger partial charge is 0.493 e. The number of methoxy groups -OCH3 is 1. The van der Waals surface area contributed by atoms with Crippen LogP contribution in [0.3, 0.4) is 0 Å². The molecule has 7 nitrogen and oxygen atoms in total. The van der Waals surface area contributed by atoms with Gasteiger partial charge in [-0.15, -0.1) is 0 Å². The number of nitriles is 1. The summed E-state index contributed by atoms with van der Waals surface area (Å²) >= 11 is 0. The summed E-state index contributed by atoms with van der Waals surface area (Å²) in [6, 6.07) is 7.12. The molecule has 0 saturated heterocycles. The molecule has 156 valence electrons. The number of rotatable bonds is 8. The number of amides is 1. The lowest BCUT2D eigenvalue weighted by atomic mass is 9.97. The van der Waals surface area contributed by atoms with Gasteiger partial charge < -0.3 is 19.5 Å². The van der Waals surface area contributed by atoms with Gasteiger partial charge in [0, 0.05) is 12.1 Å². The Kier molecular flexibility index (Phi) is 9.56. The summed E-state index contributed by atoms with van der Waals surface area (Å²) in [6.07, 6.45) is 10.7. The molecule has 1 fully saturated rings. The van der Waals surface area contributed by atoms with Gasteiger partial charge in [0.05, 0.1) is 7.11 Å². The van der Waals surface area contributed by atoms with Gasteiger partial charge in [-0.25, -0.2) is 4.79 Å². The van der Waals surface area contributed by atoms with E-state index in [1.54, 1.807) is 24.3 Å². The second-order valence-electron chi connectivity index (χ2n) is 6.91. The van der Waals surface area contributed by atoms with E-state index in [1.807, 2.05) is 6.07 Å². The number of hydrogen-bond donors (Lipinski definition) is 1. The first-order valence-corrected chi connectivity index (χ1v) is 9.94. The van der Waals surface area contributed by atoms with Crippen molar-refractivity contribution in [2.75, 3.05) is 20.3 Å². The fourth-order valence-corrected chi connectivity index (χ4v) is 3.24. The highest BCUT2D eigenvalue weighted by molar-refractivity contribution is 5.89. The average Bonchev–Trinajstić information content (AvgIpc) is 2.71. The Balaban J connectivity index is 1.79. The van der Waals surface area contributed by atoms with Gasteiger partial charge in [-0.3, -0.25) is 4.79 Å². The van der Waals surface area contributed by atoms with E-state index in [0.717, 1.165) is 25.7 Å². The Labute approximate surface area is 171 Å². The molecule has 1 saturated carbocycles. The van der Waals surface area contributed by atoms with E-state index < -0.39 is 5.97 Å². The van der Waals surface area contributed by atoms with Gasteiger partial charge in [-0.05, 0) is 36.6 Å². The van der Waals surface area contributed by atoms with Crippen molar-refractivity contribution in [2.24, 2.45) is 0 Å². The highest BCUT2D eigenvalue weighted by Gasteiger charge is 2.14. The van der Waals surface area contributed by atoms with E-state index in [1.165, 1.54) is 32.4 Å². The Morgan fingerprint density at radius 1 is 1.17 bits per heavy atom. The molecule has 1 aromatic rings. The van der Waals surface area contributed by atoms with E-state index >= 15 is 0 Å². The van der Waals surface area contributed by atoms with Crippen LogP contribution in [-0.2, 0) is 14.3 Å². The maximum Gasteiger partial charge on any atom is 0.331 e. The molecule has 0 bridgehead atoms. The van der Waals surface area contributed by atoms with Gasteiger partial charge in [0.1, 0.15) is 6.07 Å². The Morgan fingerprint density at radius 3 is 2.59 bits per heavy atom. The Morgan fingerprint density at radius 2 is 1.90 bits per heavy atom. The van der Waals surface area contributed by atoms with Gasteiger partial charge in [-0.1, -0.05) is 38.2 Å². The third kappa shape index (κ3) is 8.26. The molecule has 0 radical (unpaired) electrons. The fourth-order valence-electron chi connectivity index (χ4n) is 3.24. The zero-order valence-corrected chi connectivity index (χ0v) is 16.8. The average molecular weight is 400 g/mol. The molecule has 2 rings (SSSR count). The number of nitrogens with one attached hydrogen (secondary N) is 1. The first-order chi connectivity index (χ1) is 14.1. The van der Waals surface area contributed by atoms with Crippen LogP contribution < -0.4 is 14.8 Å². The number of esters is 1. The molecule has 7 heteroatoms. The van der Waals surface area contributed by atoms with Crippen LogP contribution in [0.25, 0.3) is 6.08 Å². The predicted molar refractivity (Wildman–Crippen MR) is 108 cm³/mol. The molecule has 1 N–H and O–H groups in total. The first kappa shape index (κ1) is 22.3. The summed E-state index contributed by atoms with van der Waals surface area (Å²) in [4.78, 5) is 23.9. The third-order valence-corrected chi connectivity index (χ3v) is 4.71. The van der Waals surface area contributed by atoms with E-state index in [9.17, 15) is 9.59 Å². The zero-order valence-electron chi connectivity index (χ0n) is 16.8. The van der Waals surface area contributed by atoms with E-state index in [-0.39, 0.29) is 25.2 Å². The van der Waals surface area contributed by atoms with Crippen LogP contribution in [-0.4, -0.2) is 38.2 Å². The van der Waals surface area contributed by atoms with Crippen LogP contribution in [0.15, 0.2) is 24.3 Å². The normalized spacial score (nSPS) is 15.0. The molecular formula is C22H28N2O5. The summed E-state index contributed by atoms with van der Waals surface area (Å²) < 4.78 is 15.5. The first-order valence-electron chi connectivity index (χ1n) is 9.94. The van der Waals surface area contributed by atoms with Crippen molar-refractivity contribution in [2.45, 2.75) is 51.0 Å². The minimum absolute atomic E-state index is 0.0825. The predicted octanol–water partition coefficient (Wildman–Crippen LogP) is 3.38. The Hall–Kier alpha value is -3.01. The van der Waals surface area contributed by atoms with Crippen LogP contribution >= 0.6 is 0 Å². The smallest absolute Gasteiger partial charge is 0.331 e. The molecule has 0 aromatic heterocycles. The zero-order chi connectivity index (χ0) is 20.9. The summed E-state index contributed by atoms with van der Waals surface area (Å²) in [6.45, 7) is -0.370. The number of ether oxygens (including phenoxy) is 3. The van der Waals surface area contributed by atoms with Crippen molar-refractivity contribution in [1.29, 1.82) is 5.26 Å². The second-order valence-corrected chi connectivity index (χ2v) is 6.91. The van der Waals surface area contributed by atoms with Gasteiger partial charge in [-0.2, -0.15) is 5.26 Å². The number of hydrogen-bond acceptors (Lipinski definition) is 6. The van der Waals surface area contributed by atoms with Gasteiger partial charge in [0.2, 0.25) is 0 Å². The molecule has 1 aliphatic rings. The molecule has 0 atom stereocenters. The van der Waals surface area contributed by atoms with Crippen molar-refractivity contribution in [1.82, 2.24) is 5.32 Å².